The van der Waals surface area contributed by atoms with Gasteiger partial charge in [-0.3, -0.25) is 4.79 Å². The number of hydrogen-bond acceptors (Lipinski definition) is 3. The zero-order chi connectivity index (χ0) is 24.5. The van der Waals surface area contributed by atoms with E-state index in [-0.39, 0.29) is 29.6 Å². The lowest BCUT2D eigenvalue weighted by molar-refractivity contribution is -0.246. The Labute approximate surface area is 196 Å². The van der Waals surface area contributed by atoms with E-state index in [2.05, 4.69) is 25.2 Å². The molecule has 1 rings (SSSR count). The standard InChI is InChI=1S/C27H47FN2O2/c1-9-12-23(28)16-15-21(4)17-22(14-11-10-13-20(2)3)25(31)29-24-18-26(5,6)30(32)27(7,8)19-24/h11-12,14-16,20-22,24,32H,9-10,13,17-19H2,1-8H3,(H,29,31)/b14-11+,16-15-,23-12+. The molecule has 184 valence electrons. The molecule has 1 amide bonds. The molecule has 1 aliphatic rings. The minimum atomic E-state index is -0.415. The first kappa shape index (κ1) is 28.6. The van der Waals surface area contributed by atoms with E-state index in [1.807, 2.05) is 53.7 Å². The molecular weight excluding hydrogens is 403 g/mol. The highest BCUT2D eigenvalue weighted by Crippen LogP contribution is 2.36. The molecule has 32 heavy (non-hydrogen) atoms. The molecule has 2 atom stereocenters. The summed E-state index contributed by atoms with van der Waals surface area (Å²) >= 11 is 0. The molecule has 0 saturated carbocycles. The zero-order valence-electron chi connectivity index (χ0n) is 21.6. The van der Waals surface area contributed by atoms with Gasteiger partial charge in [0.2, 0.25) is 5.91 Å². The average molecular weight is 451 g/mol. The van der Waals surface area contributed by atoms with Crippen molar-refractivity contribution < 1.29 is 14.4 Å². The van der Waals surface area contributed by atoms with Gasteiger partial charge in [-0.1, -0.05) is 45.9 Å². The van der Waals surface area contributed by atoms with Gasteiger partial charge in [0.25, 0.3) is 0 Å². The summed E-state index contributed by atoms with van der Waals surface area (Å²) in [5.74, 6) is 0.212. The fraction of sp³-hybridized carbons (Fsp3) is 0.741. The van der Waals surface area contributed by atoms with Gasteiger partial charge in [0.15, 0.2) is 0 Å². The lowest BCUT2D eigenvalue weighted by Gasteiger charge is -2.51. The topological polar surface area (TPSA) is 52.6 Å². The molecule has 2 unspecified atom stereocenters. The van der Waals surface area contributed by atoms with Crippen molar-refractivity contribution in [2.45, 2.75) is 111 Å². The lowest BCUT2D eigenvalue weighted by atomic mass is 9.78. The molecule has 0 aromatic carbocycles. The molecule has 4 nitrogen and oxygen atoms in total. The van der Waals surface area contributed by atoms with Gasteiger partial charge in [0, 0.05) is 17.1 Å². The zero-order valence-corrected chi connectivity index (χ0v) is 21.6. The number of halogens is 1. The molecule has 5 heteroatoms. The molecular formula is C27H47FN2O2. The van der Waals surface area contributed by atoms with E-state index in [4.69, 9.17) is 0 Å². The number of nitrogens with one attached hydrogen (secondary N) is 1. The summed E-state index contributed by atoms with van der Waals surface area (Å²) < 4.78 is 13.7. The second-order valence-corrected chi connectivity index (χ2v) is 11.1. The third-order valence-electron chi connectivity index (χ3n) is 6.21. The van der Waals surface area contributed by atoms with E-state index >= 15 is 0 Å². The van der Waals surface area contributed by atoms with Crippen molar-refractivity contribution in [3.63, 3.8) is 0 Å². The predicted octanol–water partition coefficient (Wildman–Crippen LogP) is 6.97. The number of carbonyl (C=O) groups is 1. The van der Waals surface area contributed by atoms with Crippen LogP contribution in [0.5, 0.6) is 0 Å². The quantitative estimate of drug-likeness (QED) is 0.264. The van der Waals surface area contributed by atoms with Crippen LogP contribution in [-0.2, 0) is 4.79 Å². The molecule has 0 aliphatic carbocycles. The molecule has 1 heterocycles. The van der Waals surface area contributed by atoms with Gasteiger partial charge in [0.1, 0.15) is 5.83 Å². The van der Waals surface area contributed by atoms with Crippen molar-refractivity contribution in [1.82, 2.24) is 10.4 Å². The van der Waals surface area contributed by atoms with Gasteiger partial charge in [-0.05, 0) is 90.2 Å². The number of piperidine rings is 1. The van der Waals surface area contributed by atoms with Crippen LogP contribution in [0, 0.1) is 17.8 Å². The highest BCUT2D eigenvalue weighted by atomic mass is 19.1. The Bertz CT molecular complexity index is 661. The smallest absolute Gasteiger partial charge is 0.227 e. The van der Waals surface area contributed by atoms with Crippen LogP contribution in [0.25, 0.3) is 0 Å². The molecule has 1 saturated heterocycles. The average Bonchev–Trinajstić information content (AvgIpc) is 2.66. The van der Waals surface area contributed by atoms with E-state index in [9.17, 15) is 14.4 Å². The van der Waals surface area contributed by atoms with Crippen LogP contribution in [0.3, 0.4) is 0 Å². The van der Waals surface area contributed by atoms with Crippen molar-refractivity contribution in [3.8, 4) is 0 Å². The fourth-order valence-electron chi connectivity index (χ4n) is 4.64. The first-order valence-electron chi connectivity index (χ1n) is 12.3. The molecule has 0 spiro atoms. The molecule has 1 aliphatic heterocycles. The van der Waals surface area contributed by atoms with Crippen LogP contribution in [0.2, 0.25) is 0 Å². The molecule has 2 N–H and O–H groups in total. The Kier molecular flexibility index (Phi) is 11.3. The van der Waals surface area contributed by atoms with Crippen molar-refractivity contribution in [1.29, 1.82) is 0 Å². The largest absolute Gasteiger partial charge is 0.353 e. The van der Waals surface area contributed by atoms with Crippen molar-refractivity contribution >= 4 is 5.91 Å². The number of amides is 1. The highest BCUT2D eigenvalue weighted by Gasteiger charge is 2.45. The second kappa shape index (κ2) is 12.7. The maximum Gasteiger partial charge on any atom is 0.227 e. The van der Waals surface area contributed by atoms with Crippen molar-refractivity contribution in [2.75, 3.05) is 0 Å². The monoisotopic (exact) mass is 450 g/mol. The second-order valence-electron chi connectivity index (χ2n) is 11.1. The van der Waals surface area contributed by atoms with Gasteiger partial charge in [-0.2, -0.15) is 5.06 Å². The minimum absolute atomic E-state index is 0.00163. The first-order valence-corrected chi connectivity index (χ1v) is 12.3. The number of hydrogen-bond donors (Lipinski definition) is 2. The van der Waals surface area contributed by atoms with Crippen molar-refractivity contribution in [2.24, 2.45) is 17.8 Å². The Hall–Kier alpha value is -1.46. The number of hydroxylamine groups is 2. The third-order valence-corrected chi connectivity index (χ3v) is 6.21. The highest BCUT2D eigenvalue weighted by molar-refractivity contribution is 5.80. The maximum atomic E-state index is 13.7. The van der Waals surface area contributed by atoms with Crippen LogP contribution < -0.4 is 5.32 Å². The summed E-state index contributed by atoms with van der Waals surface area (Å²) in [7, 11) is 0. The molecule has 0 radical (unpaired) electrons. The fourth-order valence-corrected chi connectivity index (χ4v) is 4.64. The normalized spacial score (nSPS) is 22.0. The number of rotatable bonds is 11. The van der Waals surface area contributed by atoms with Gasteiger partial charge < -0.3 is 10.5 Å². The minimum Gasteiger partial charge on any atom is -0.353 e. The molecule has 0 bridgehead atoms. The van der Waals surface area contributed by atoms with Gasteiger partial charge in [-0.15, -0.1) is 0 Å². The lowest BCUT2D eigenvalue weighted by Crippen LogP contribution is -2.63. The Balaban J connectivity index is 2.90. The van der Waals surface area contributed by atoms with Crippen LogP contribution in [0.1, 0.15) is 93.9 Å². The molecule has 0 aromatic rings. The van der Waals surface area contributed by atoms with E-state index in [1.54, 1.807) is 6.08 Å². The van der Waals surface area contributed by atoms with E-state index in [1.165, 1.54) is 11.1 Å². The number of allylic oxidation sites excluding steroid dienone is 5. The third kappa shape index (κ3) is 9.58. The summed E-state index contributed by atoms with van der Waals surface area (Å²) in [5, 5.41) is 15.2. The van der Waals surface area contributed by atoms with E-state index in [0.29, 0.717) is 31.6 Å². The predicted molar refractivity (Wildman–Crippen MR) is 132 cm³/mol. The van der Waals surface area contributed by atoms with Gasteiger partial charge in [-0.25, -0.2) is 4.39 Å². The van der Waals surface area contributed by atoms with E-state index in [0.717, 1.165) is 12.8 Å². The summed E-state index contributed by atoms with van der Waals surface area (Å²) in [5.41, 5.74) is -0.830. The summed E-state index contributed by atoms with van der Waals surface area (Å²) in [6.07, 6.45) is 13.7. The summed E-state index contributed by atoms with van der Waals surface area (Å²) in [4.78, 5) is 13.3. The Morgan fingerprint density at radius 1 is 1.16 bits per heavy atom. The summed E-state index contributed by atoms with van der Waals surface area (Å²) in [6.45, 7) is 16.3. The van der Waals surface area contributed by atoms with Crippen LogP contribution in [0.4, 0.5) is 4.39 Å². The molecule has 0 aromatic heterocycles. The number of carbonyl (C=O) groups excluding carboxylic acids is 1. The van der Waals surface area contributed by atoms with Crippen LogP contribution in [-0.4, -0.2) is 33.3 Å². The van der Waals surface area contributed by atoms with Crippen LogP contribution >= 0.6 is 0 Å². The van der Waals surface area contributed by atoms with Gasteiger partial charge >= 0.3 is 0 Å². The Morgan fingerprint density at radius 3 is 2.28 bits per heavy atom. The van der Waals surface area contributed by atoms with Crippen molar-refractivity contribution in [3.05, 3.63) is 36.2 Å². The van der Waals surface area contributed by atoms with Gasteiger partial charge in [0.05, 0.1) is 5.92 Å². The van der Waals surface area contributed by atoms with E-state index < -0.39 is 11.1 Å². The maximum absolute atomic E-state index is 13.7. The van der Waals surface area contributed by atoms with Crippen LogP contribution in [0.15, 0.2) is 36.2 Å². The summed E-state index contributed by atoms with van der Waals surface area (Å²) in [6, 6.07) is -0.00163. The SMILES string of the molecule is CC/C=C(F)\C=C/C(C)CC(/C=C/CCC(C)C)C(=O)NC1CC(C)(C)N(O)C(C)(C)C1. The Morgan fingerprint density at radius 2 is 1.75 bits per heavy atom. The number of nitrogens with zero attached hydrogens (tertiary/aromatic N) is 1. The first-order chi connectivity index (χ1) is 14.8. The molecule has 1 fully saturated rings.